The summed E-state index contributed by atoms with van der Waals surface area (Å²) >= 11 is 0. The Labute approximate surface area is 45.8 Å². The van der Waals surface area contributed by atoms with E-state index in [1.807, 2.05) is 0 Å². The van der Waals surface area contributed by atoms with Crippen molar-refractivity contribution in [3.8, 4) is 0 Å². The van der Waals surface area contributed by atoms with Crippen LogP contribution < -0.4 is 0 Å². The predicted octanol–water partition coefficient (Wildman–Crippen LogP) is 2.24. The van der Waals surface area contributed by atoms with E-state index in [0.717, 1.165) is 6.08 Å². The third kappa shape index (κ3) is 5.79. The minimum Gasteiger partial charge on any atom is -0.276 e. The second kappa shape index (κ2) is 2.95. The van der Waals surface area contributed by atoms with E-state index in [0.29, 0.717) is 0 Å². The van der Waals surface area contributed by atoms with Crippen molar-refractivity contribution in [2.45, 2.75) is 0 Å². The molecular weight excluding hydrogens is 137 g/mol. The molecule has 0 saturated heterocycles. The van der Waals surface area contributed by atoms with Gasteiger partial charge in [0, 0.05) is 0 Å². The van der Waals surface area contributed by atoms with Crippen LogP contribution >= 0.6 is 7.99 Å². The summed E-state index contributed by atoms with van der Waals surface area (Å²) in [4.78, 5) is 0. The highest BCUT2D eigenvalue weighted by Gasteiger charge is 2.18. The van der Waals surface area contributed by atoms with Crippen LogP contribution in [0.5, 0.6) is 0 Å². The summed E-state index contributed by atoms with van der Waals surface area (Å²) in [6, 6.07) is 0. The molecule has 0 aliphatic rings. The Balaban J connectivity index is 3.40. The van der Waals surface area contributed by atoms with Gasteiger partial charge < -0.3 is 0 Å². The molecule has 0 heterocycles. The molecule has 0 radical (unpaired) electrons. The predicted molar refractivity (Wildman–Crippen MR) is 26.0 cm³/mol. The van der Waals surface area contributed by atoms with E-state index in [9.17, 15) is 13.0 Å². The van der Waals surface area contributed by atoms with Gasteiger partial charge in [-0.1, -0.05) is 6.08 Å². The molecule has 0 bridgehead atoms. The molecule has 0 aromatic carbocycles. The van der Waals surface area contributed by atoms with Gasteiger partial charge in [-0.05, 0) is 0 Å². The molecule has 8 heavy (non-hydrogen) atoms. The van der Waals surface area contributed by atoms with Crippen LogP contribution in [0.25, 0.3) is 0 Å². The fraction of sp³-hybridized carbons (Fsp3) is 0.333. The van der Waals surface area contributed by atoms with Crippen LogP contribution in [0.2, 0.25) is 0 Å². The topological polar surface area (TPSA) is 26.3 Å². The molecule has 0 rings (SSSR count). The van der Waals surface area contributed by atoms with Gasteiger partial charge in [0.2, 0.25) is 0 Å². The summed E-state index contributed by atoms with van der Waals surface area (Å²) < 4.78 is 35.2. The zero-order valence-corrected chi connectivity index (χ0v) is 4.91. The molecule has 0 aromatic heterocycles. The second-order valence-corrected chi connectivity index (χ2v) is 2.09. The Bertz CT molecular complexity index is 118. The van der Waals surface area contributed by atoms with Gasteiger partial charge in [-0.15, -0.1) is 15.0 Å². The first kappa shape index (κ1) is 7.79. The Hall–Kier alpha value is -0.210. The first-order chi connectivity index (χ1) is 3.56. The van der Waals surface area contributed by atoms with E-state index in [1.54, 1.807) is 0 Å². The van der Waals surface area contributed by atoms with Crippen molar-refractivity contribution >= 4 is 7.99 Å². The molecule has 0 unspecified atom stereocenters. The van der Waals surface area contributed by atoms with Crippen LogP contribution in [0.15, 0.2) is 12.7 Å². The first-order valence-corrected chi connectivity index (χ1v) is 3.21. The number of hydrogen-bond donors (Lipinski definition) is 0. The minimum atomic E-state index is -5.25. The lowest BCUT2D eigenvalue weighted by atomic mass is 10.7. The maximum Gasteiger partial charge on any atom is 0.552 e. The van der Waals surface area contributed by atoms with Crippen molar-refractivity contribution in [2.24, 2.45) is 0 Å². The summed E-state index contributed by atoms with van der Waals surface area (Å²) in [6.07, 6.45) is 1.10. The summed E-state index contributed by atoms with van der Waals surface area (Å²) in [6.45, 7) is 2.71. The molecule has 0 saturated carbocycles. The average Bonchev–Trinajstić information content (AvgIpc) is 1.59. The summed E-state index contributed by atoms with van der Waals surface area (Å²) in [5.41, 5.74) is 0. The summed E-state index contributed by atoms with van der Waals surface area (Å²) in [5.74, 6) is 0. The van der Waals surface area contributed by atoms with Crippen molar-refractivity contribution in [2.75, 3.05) is 6.61 Å². The molecule has 0 N–H and O–H groups in total. The average molecular weight is 142 g/mol. The molecule has 0 spiro atoms. The zero-order valence-electron chi connectivity index (χ0n) is 4.01. The van der Waals surface area contributed by atoms with Crippen LogP contribution in [0.1, 0.15) is 0 Å². The lowest BCUT2D eigenvalue weighted by Gasteiger charge is -1.93. The number of rotatable bonds is 3. The summed E-state index contributed by atoms with van der Waals surface area (Å²) in [7, 11) is -5.25. The second-order valence-electron chi connectivity index (χ2n) is 0.999. The number of hydrogen-bond acceptors (Lipinski definition) is 2. The van der Waals surface area contributed by atoms with Gasteiger partial charge in [-0.3, -0.25) is 4.52 Å². The van der Waals surface area contributed by atoms with E-state index in [1.165, 1.54) is 0 Å². The minimum absolute atomic E-state index is 0.371. The lowest BCUT2D eigenvalue weighted by molar-refractivity contribution is 0.285. The molecular formula is C3H5F2O2P. The Kier molecular flexibility index (Phi) is 2.87. The maximum atomic E-state index is 11.2. The zero-order chi connectivity index (χ0) is 6.62. The largest absolute Gasteiger partial charge is 0.552 e. The molecule has 0 amide bonds. The first-order valence-electron chi connectivity index (χ1n) is 1.81. The molecule has 48 valence electrons. The van der Waals surface area contributed by atoms with E-state index in [2.05, 4.69) is 11.1 Å². The van der Waals surface area contributed by atoms with Crippen LogP contribution in [0.4, 0.5) is 8.39 Å². The van der Waals surface area contributed by atoms with Crippen LogP contribution in [0, 0.1) is 0 Å². The fourth-order valence-electron chi connectivity index (χ4n) is 0.139. The van der Waals surface area contributed by atoms with Crippen LogP contribution in [0.3, 0.4) is 0 Å². The van der Waals surface area contributed by atoms with E-state index >= 15 is 0 Å². The quantitative estimate of drug-likeness (QED) is 0.446. The Morgan fingerprint density at radius 2 is 2.25 bits per heavy atom. The van der Waals surface area contributed by atoms with Gasteiger partial charge in [0.15, 0.2) is 0 Å². The summed E-state index contributed by atoms with van der Waals surface area (Å²) in [5, 5.41) is 0. The normalized spacial score (nSPS) is 11.2. The molecule has 5 heteroatoms. The highest BCUT2D eigenvalue weighted by molar-refractivity contribution is 7.47. The van der Waals surface area contributed by atoms with Crippen LogP contribution in [-0.2, 0) is 9.09 Å². The van der Waals surface area contributed by atoms with Gasteiger partial charge in [0.25, 0.3) is 0 Å². The van der Waals surface area contributed by atoms with Crippen molar-refractivity contribution in [1.82, 2.24) is 0 Å². The van der Waals surface area contributed by atoms with Crippen molar-refractivity contribution < 1.29 is 17.5 Å². The van der Waals surface area contributed by atoms with E-state index in [4.69, 9.17) is 0 Å². The number of halogens is 2. The Morgan fingerprint density at radius 3 is 2.38 bits per heavy atom. The fourth-order valence-corrected chi connectivity index (χ4v) is 0.418. The lowest BCUT2D eigenvalue weighted by Crippen LogP contribution is -1.78. The van der Waals surface area contributed by atoms with Gasteiger partial charge in [0.05, 0.1) is 6.61 Å². The van der Waals surface area contributed by atoms with Gasteiger partial charge >= 0.3 is 7.99 Å². The Morgan fingerprint density at radius 1 is 1.75 bits per heavy atom. The maximum absolute atomic E-state index is 11.2. The van der Waals surface area contributed by atoms with Gasteiger partial charge in [-0.25, -0.2) is 4.57 Å². The molecule has 0 aliphatic heterocycles. The standard InChI is InChI=1S/C3H5F2O2P/c1-2-3-7-8(4,5)6/h2H,1,3H2. The third-order valence-corrected chi connectivity index (χ3v) is 0.792. The van der Waals surface area contributed by atoms with E-state index in [-0.39, 0.29) is 6.61 Å². The molecule has 0 fully saturated rings. The molecule has 0 aliphatic carbocycles. The monoisotopic (exact) mass is 142 g/mol. The van der Waals surface area contributed by atoms with Crippen molar-refractivity contribution in [3.63, 3.8) is 0 Å². The molecule has 0 aromatic rings. The smallest absolute Gasteiger partial charge is 0.276 e. The van der Waals surface area contributed by atoms with Crippen molar-refractivity contribution in [3.05, 3.63) is 12.7 Å². The molecule has 0 atom stereocenters. The van der Waals surface area contributed by atoms with E-state index < -0.39 is 7.99 Å². The van der Waals surface area contributed by atoms with Crippen molar-refractivity contribution in [1.29, 1.82) is 0 Å². The highest BCUT2D eigenvalue weighted by atomic mass is 31.2. The third-order valence-electron chi connectivity index (χ3n) is 0.343. The van der Waals surface area contributed by atoms with Crippen LogP contribution in [-0.4, -0.2) is 6.61 Å². The highest BCUT2D eigenvalue weighted by Crippen LogP contribution is 2.49. The SMILES string of the molecule is C=CCOP(=O)(F)F. The van der Waals surface area contributed by atoms with Gasteiger partial charge in [-0.2, -0.15) is 0 Å². The van der Waals surface area contributed by atoms with Gasteiger partial charge in [0.1, 0.15) is 0 Å². The molecule has 2 nitrogen and oxygen atoms in total.